The van der Waals surface area contributed by atoms with Crippen LogP contribution >= 0.6 is 0 Å². The number of benzene rings is 1. The molecule has 1 fully saturated rings. The number of phenolic OH excluding ortho intramolecular Hbond substituents is 1. The first-order chi connectivity index (χ1) is 18.8. The molecule has 7 N–H and O–H groups in total. The van der Waals surface area contributed by atoms with Gasteiger partial charge in [-0.15, -0.1) is 0 Å². The smallest absolute Gasteiger partial charge is 0.255 e. The SMILES string of the molecule is CN(C)c1cc(CNc2ccon2)c(O)c2c1C[C@H]1C[C@H]3[C@@H](N(C)C)C(=O)C(C(N)=O)=C(O)[C@@]3(O)C(=O)C1=C2O. The second-order valence-corrected chi connectivity index (χ2v) is 10.9. The molecule has 0 aliphatic heterocycles. The first-order valence-corrected chi connectivity index (χ1v) is 12.6. The molecule has 13 heteroatoms. The number of Topliss-reactive ketones (excluding diaryl/α,β-unsaturated/α-hetero) is 2. The van der Waals surface area contributed by atoms with E-state index in [0.717, 1.165) is 0 Å². The summed E-state index contributed by atoms with van der Waals surface area (Å²) in [5.74, 6) is -6.41. The summed E-state index contributed by atoms with van der Waals surface area (Å²) in [5.41, 5.74) is 3.33. The Labute approximate surface area is 229 Å². The van der Waals surface area contributed by atoms with E-state index < -0.39 is 58.0 Å². The Hall–Kier alpha value is -4.36. The van der Waals surface area contributed by atoms with E-state index >= 15 is 0 Å². The van der Waals surface area contributed by atoms with Crippen molar-refractivity contribution in [1.29, 1.82) is 0 Å². The molecule has 0 bridgehead atoms. The molecule has 1 aromatic heterocycles. The maximum absolute atomic E-state index is 14.0. The monoisotopic (exact) mass is 553 g/mol. The summed E-state index contributed by atoms with van der Waals surface area (Å²) in [5, 5.41) is 52.3. The van der Waals surface area contributed by atoms with Gasteiger partial charge in [-0.1, -0.05) is 5.16 Å². The molecule has 0 spiro atoms. The van der Waals surface area contributed by atoms with E-state index in [9.17, 15) is 34.8 Å². The summed E-state index contributed by atoms with van der Waals surface area (Å²) < 4.78 is 4.82. The van der Waals surface area contributed by atoms with Crippen molar-refractivity contribution in [3.8, 4) is 5.75 Å². The number of phenols is 1. The summed E-state index contributed by atoms with van der Waals surface area (Å²) in [6.07, 6.45) is 1.61. The number of aliphatic hydroxyl groups is 3. The van der Waals surface area contributed by atoms with Gasteiger partial charge >= 0.3 is 0 Å². The highest BCUT2D eigenvalue weighted by Crippen LogP contribution is 2.54. The lowest BCUT2D eigenvalue weighted by atomic mass is 9.57. The molecule has 0 saturated heterocycles. The molecule has 1 heterocycles. The van der Waals surface area contributed by atoms with Crippen LogP contribution in [0.1, 0.15) is 23.1 Å². The number of nitrogens with two attached hydrogens (primary N) is 1. The highest BCUT2D eigenvalue weighted by molar-refractivity contribution is 6.24. The van der Waals surface area contributed by atoms with E-state index in [4.69, 9.17) is 10.3 Å². The maximum atomic E-state index is 14.0. The van der Waals surface area contributed by atoms with E-state index in [0.29, 0.717) is 22.6 Å². The van der Waals surface area contributed by atoms with Gasteiger partial charge in [0.15, 0.2) is 17.2 Å². The van der Waals surface area contributed by atoms with Gasteiger partial charge in [0.25, 0.3) is 5.91 Å². The fraction of sp³-hybridized carbons (Fsp3) is 0.407. The van der Waals surface area contributed by atoms with Crippen LogP contribution in [0.15, 0.2) is 39.8 Å². The van der Waals surface area contributed by atoms with Crippen LogP contribution in [0.4, 0.5) is 11.5 Å². The molecule has 2 aromatic rings. The van der Waals surface area contributed by atoms with Gasteiger partial charge in [0, 0.05) is 49.4 Å². The lowest BCUT2D eigenvalue weighted by Gasteiger charge is -2.50. The standard InChI is InChI=1S/C27H31N5O8/c1-31(2)15-9-12(10-29-16-5-6-40-30-16)21(33)18-13(15)7-11-8-14-20(32(3)4)23(35)19(26(28)38)25(37)27(14,39)24(36)17(11)22(18)34/h5-6,9,11,14,20,33-34,37,39H,7-8,10H2,1-4H3,(H2,28,38)(H,29,30)/t11-,14-,20+,27-/m0/s1. The number of rotatable bonds is 6. The van der Waals surface area contributed by atoms with Crippen LogP contribution in [0.2, 0.25) is 0 Å². The predicted molar refractivity (Wildman–Crippen MR) is 142 cm³/mol. The Morgan fingerprint density at radius 2 is 1.93 bits per heavy atom. The number of aliphatic hydroxyl groups excluding tert-OH is 2. The Kier molecular flexibility index (Phi) is 6.38. The zero-order chi connectivity index (χ0) is 29.3. The van der Waals surface area contributed by atoms with E-state index in [-0.39, 0.29) is 36.3 Å². The van der Waals surface area contributed by atoms with Gasteiger partial charge in [0.05, 0.1) is 11.6 Å². The minimum atomic E-state index is -2.68. The number of nitrogens with zero attached hydrogens (tertiary/aromatic N) is 3. The number of primary amides is 1. The summed E-state index contributed by atoms with van der Waals surface area (Å²) in [6, 6.07) is 2.23. The van der Waals surface area contributed by atoms with Gasteiger partial charge in [-0.25, -0.2) is 0 Å². The van der Waals surface area contributed by atoms with Gasteiger partial charge in [0.2, 0.25) is 5.78 Å². The number of fused-ring (bicyclic) bond motifs is 3. The van der Waals surface area contributed by atoms with Crippen molar-refractivity contribution in [2.24, 2.45) is 17.6 Å². The van der Waals surface area contributed by atoms with E-state index in [1.165, 1.54) is 11.2 Å². The van der Waals surface area contributed by atoms with E-state index in [1.54, 1.807) is 40.3 Å². The van der Waals surface area contributed by atoms with Crippen molar-refractivity contribution >= 4 is 34.7 Å². The van der Waals surface area contributed by atoms with Gasteiger partial charge in [-0.05, 0) is 44.5 Å². The Morgan fingerprint density at radius 3 is 2.50 bits per heavy atom. The molecule has 5 rings (SSSR count). The largest absolute Gasteiger partial charge is 0.508 e. The number of likely N-dealkylation sites (N-methyl/N-ethyl adjacent to an activating group) is 1. The van der Waals surface area contributed by atoms with Gasteiger partial charge in [-0.2, -0.15) is 0 Å². The molecule has 3 aliphatic rings. The van der Waals surface area contributed by atoms with Gasteiger partial charge in [-0.3, -0.25) is 19.3 Å². The van der Waals surface area contributed by atoms with E-state index in [2.05, 4.69) is 10.5 Å². The van der Waals surface area contributed by atoms with Crippen molar-refractivity contribution in [2.45, 2.75) is 31.0 Å². The summed E-state index contributed by atoms with van der Waals surface area (Å²) in [7, 11) is 6.73. The van der Waals surface area contributed by atoms with Crippen LogP contribution in [0.5, 0.6) is 5.75 Å². The minimum Gasteiger partial charge on any atom is -0.508 e. The zero-order valence-electron chi connectivity index (χ0n) is 22.4. The number of anilines is 2. The first-order valence-electron chi connectivity index (χ1n) is 12.6. The summed E-state index contributed by atoms with van der Waals surface area (Å²) in [6.45, 7) is 0.108. The van der Waals surface area contributed by atoms with Crippen LogP contribution in [-0.4, -0.2) is 87.8 Å². The fourth-order valence-corrected chi connectivity index (χ4v) is 6.37. The van der Waals surface area contributed by atoms with Crippen LogP contribution in [0, 0.1) is 11.8 Å². The third-order valence-electron chi connectivity index (χ3n) is 8.16. The number of aromatic hydroxyl groups is 1. The molecule has 3 aliphatic carbocycles. The Bertz CT molecular complexity index is 1490. The molecule has 1 amide bonds. The van der Waals surface area contributed by atoms with Crippen molar-refractivity contribution in [2.75, 3.05) is 38.4 Å². The Balaban J connectivity index is 1.69. The number of ketones is 2. The van der Waals surface area contributed by atoms with E-state index in [1.807, 2.05) is 4.90 Å². The summed E-state index contributed by atoms with van der Waals surface area (Å²) >= 11 is 0. The Morgan fingerprint density at radius 1 is 1.23 bits per heavy atom. The quantitative estimate of drug-likeness (QED) is 0.273. The van der Waals surface area contributed by atoms with Crippen LogP contribution in [0.25, 0.3) is 5.76 Å². The molecule has 4 atom stereocenters. The highest BCUT2D eigenvalue weighted by Gasteiger charge is 2.64. The van der Waals surface area contributed by atoms with Gasteiger partial charge in [0.1, 0.15) is 29.1 Å². The molecule has 1 saturated carbocycles. The molecular weight excluding hydrogens is 522 g/mol. The van der Waals surface area contributed by atoms with Crippen LogP contribution < -0.4 is 16.0 Å². The lowest BCUT2D eigenvalue weighted by molar-refractivity contribution is -0.153. The maximum Gasteiger partial charge on any atom is 0.255 e. The van der Waals surface area contributed by atoms with Crippen LogP contribution in [-0.2, 0) is 27.3 Å². The lowest BCUT2D eigenvalue weighted by Crippen LogP contribution is -2.65. The average Bonchev–Trinajstić information content (AvgIpc) is 3.39. The number of carbonyl (C=O) groups is 3. The molecular formula is C27H31N5O8. The normalized spacial score (nSPS) is 26.0. The minimum absolute atomic E-state index is 0.0227. The van der Waals surface area contributed by atoms with Crippen LogP contribution in [0.3, 0.4) is 0 Å². The molecule has 212 valence electrons. The number of carbonyl (C=O) groups excluding carboxylic acids is 3. The molecule has 0 radical (unpaired) electrons. The second kappa shape index (κ2) is 9.38. The molecule has 13 nitrogen and oxygen atoms in total. The zero-order valence-corrected chi connectivity index (χ0v) is 22.4. The van der Waals surface area contributed by atoms with Crippen molar-refractivity contribution < 1.29 is 39.3 Å². The predicted octanol–water partition coefficient (Wildman–Crippen LogP) is 0.630. The molecule has 1 aromatic carbocycles. The van der Waals surface area contributed by atoms with Crippen molar-refractivity contribution in [1.82, 2.24) is 10.1 Å². The number of hydrogen-bond acceptors (Lipinski definition) is 12. The van der Waals surface area contributed by atoms with Crippen molar-refractivity contribution in [3.63, 3.8) is 0 Å². The fourth-order valence-electron chi connectivity index (χ4n) is 6.37. The highest BCUT2D eigenvalue weighted by atomic mass is 16.5. The third kappa shape index (κ3) is 3.76. The number of nitrogens with one attached hydrogen (secondary N) is 1. The number of hydrogen-bond donors (Lipinski definition) is 6. The molecule has 40 heavy (non-hydrogen) atoms. The first kappa shape index (κ1) is 27.2. The average molecular weight is 554 g/mol. The molecule has 0 unspecified atom stereocenters. The van der Waals surface area contributed by atoms with Crippen molar-refractivity contribution in [3.05, 3.63) is 52.0 Å². The number of amides is 1. The second-order valence-electron chi connectivity index (χ2n) is 10.9. The summed E-state index contributed by atoms with van der Waals surface area (Å²) in [4.78, 5) is 42.7. The number of aromatic nitrogens is 1. The topological polar surface area (TPSA) is 203 Å². The van der Waals surface area contributed by atoms with Gasteiger partial charge < -0.3 is 40.9 Å². The third-order valence-corrected chi connectivity index (χ3v) is 8.16.